The maximum Gasteiger partial charge on any atom is 0.335 e. The van der Waals surface area contributed by atoms with Crippen molar-refractivity contribution in [1.29, 1.82) is 0 Å². The molecule has 0 saturated carbocycles. The van der Waals surface area contributed by atoms with Crippen LogP contribution in [0.25, 0.3) is 11.1 Å². The summed E-state index contributed by atoms with van der Waals surface area (Å²) in [5.41, 5.74) is 0.571. The number of aromatic nitrogens is 1. The van der Waals surface area contributed by atoms with Gasteiger partial charge in [-0.2, -0.15) is 4.98 Å². The molecule has 10 heteroatoms. The normalized spacial score (nSPS) is 11.2. The summed E-state index contributed by atoms with van der Waals surface area (Å²) in [6.45, 7) is 0.236. The lowest BCUT2D eigenvalue weighted by molar-refractivity contribution is 0.0696. The molecule has 0 aliphatic carbocycles. The molecule has 0 saturated heterocycles. The van der Waals surface area contributed by atoms with Crippen LogP contribution in [0.1, 0.15) is 10.4 Å². The molecule has 1 aromatic heterocycles. The summed E-state index contributed by atoms with van der Waals surface area (Å²) < 4.78 is 42.4. The van der Waals surface area contributed by atoms with Gasteiger partial charge in [-0.25, -0.2) is 17.9 Å². The predicted octanol–water partition coefficient (Wildman–Crippen LogP) is 1.39. The second kappa shape index (κ2) is 8.80. The number of aromatic carboxylic acids is 1. The van der Waals surface area contributed by atoms with Crippen molar-refractivity contribution < 1.29 is 32.5 Å². The van der Waals surface area contributed by atoms with Gasteiger partial charge in [-0.3, -0.25) is 0 Å². The molecular weight excluding hydrogens is 376 g/mol. The summed E-state index contributed by atoms with van der Waals surface area (Å²) >= 11 is 0. The summed E-state index contributed by atoms with van der Waals surface area (Å²) in [5, 5.41) is 9.37. The molecule has 0 fully saturated rings. The van der Waals surface area contributed by atoms with Crippen molar-refractivity contribution in [3.63, 3.8) is 0 Å². The summed E-state index contributed by atoms with van der Waals surface area (Å²) in [6.07, 6.45) is 0. The Morgan fingerprint density at radius 3 is 2.48 bits per heavy atom. The molecule has 0 spiro atoms. The van der Waals surface area contributed by atoms with Crippen molar-refractivity contribution in [2.75, 3.05) is 34.5 Å². The summed E-state index contributed by atoms with van der Waals surface area (Å²) in [7, 11) is 0.361. The Bertz CT molecular complexity index is 929. The average molecular weight is 396 g/mol. The fourth-order valence-corrected chi connectivity index (χ4v) is 3.39. The third-order valence-electron chi connectivity index (χ3n) is 3.61. The zero-order valence-corrected chi connectivity index (χ0v) is 15.9. The molecule has 2 N–H and O–H groups in total. The van der Waals surface area contributed by atoms with Crippen molar-refractivity contribution in [2.45, 2.75) is 4.90 Å². The first-order chi connectivity index (χ1) is 12.8. The Labute approximate surface area is 157 Å². The van der Waals surface area contributed by atoms with Gasteiger partial charge in [-0.1, -0.05) is 0 Å². The number of hydrogen-bond acceptors (Lipinski definition) is 7. The number of carboxylic acid groups (broad SMARTS) is 1. The number of methoxy groups -OCH3 is 3. The van der Waals surface area contributed by atoms with E-state index in [1.165, 1.54) is 33.5 Å². The van der Waals surface area contributed by atoms with Crippen LogP contribution in [0.2, 0.25) is 0 Å². The quantitative estimate of drug-likeness (QED) is 0.610. The van der Waals surface area contributed by atoms with Crippen molar-refractivity contribution in [3.05, 3.63) is 35.9 Å². The Balaban J connectivity index is 2.58. The molecule has 0 bridgehead atoms. The van der Waals surface area contributed by atoms with Crippen LogP contribution < -0.4 is 14.2 Å². The molecule has 0 radical (unpaired) electrons. The van der Waals surface area contributed by atoms with Gasteiger partial charge in [-0.05, 0) is 29.8 Å². The first-order valence-corrected chi connectivity index (χ1v) is 9.27. The Morgan fingerprint density at radius 1 is 1.15 bits per heavy atom. The molecule has 2 rings (SSSR count). The van der Waals surface area contributed by atoms with E-state index in [0.29, 0.717) is 17.0 Å². The molecule has 27 heavy (non-hydrogen) atoms. The molecule has 146 valence electrons. The fourth-order valence-electron chi connectivity index (χ4n) is 2.31. The van der Waals surface area contributed by atoms with Crippen LogP contribution in [0.15, 0.2) is 35.2 Å². The van der Waals surface area contributed by atoms with E-state index in [4.69, 9.17) is 14.2 Å². The lowest BCUT2D eigenvalue weighted by atomic mass is 10.0. The van der Waals surface area contributed by atoms with Gasteiger partial charge in [0.15, 0.2) is 0 Å². The highest BCUT2D eigenvalue weighted by atomic mass is 32.2. The topological polar surface area (TPSA) is 124 Å². The zero-order chi connectivity index (χ0) is 20.0. The molecule has 1 aromatic carbocycles. The maximum atomic E-state index is 12.5. The van der Waals surface area contributed by atoms with Gasteiger partial charge in [0.2, 0.25) is 21.8 Å². The smallest absolute Gasteiger partial charge is 0.335 e. The van der Waals surface area contributed by atoms with Crippen LogP contribution in [-0.4, -0.2) is 59.0 Å². The van der Waals surface area contributed by atoms with Crippen LogP contribution in [0.4, 0.5) is 0 Å². The van der Waals surface area contributed by atoms with Crippen molar-refractivity contribution >= 4 is 16.0 Å². The van der Waals surface area contributed by atoms with E-state index in [-0.39, 0.29) is 29.5 Å². The van der Waals surface area contributed by atoms with Gasteiger partial charge in [0.05, 0.1) is 31.3 Å². The summed E-state index contributed by atoms with van der Waals surface area (Å²) in [4.78, 5) is 15.4. The van der Waals surface area contributed by atoms with Crippen LogP contribution in [0, 0.1) is 0 Å². The first kappa shape index (κ1) is 20.6. The minimum absolute atomic E-state index is 0.0544. The van der Waals surface area contributed by atoms with Crippen LogP contribution in [-0.2, 0) is 14.8 Å². The van der Waals surface area contributed by atoms with Gasteiger partial charge in [0.25, 0.3) is 0 Å². The average Bonchev–Trinajstić information content (AvgIpc) is 2.67. The molecule has 0 aliphatic heterocycles. The lowest BCUT2D eigenvalue weighted by Crippen LogP contribution is -2.27. The molecule has 0 unspecified atom stereocenters. The van der Waals surface area contributed by atoms with E-state index in [0.717, 1.165) is 6.07 Å². The highest BCUT2D eigenvalue weighted by Gasteiger charge is 2.20. The SMILES string of the molecule is COCCNS(=O)(=O)c1cc(C(=O)O)cc(-c2ccc(OC)nc2OC)c1. The number of pyridine rings is 1. The fraction of sp³-hybridized carbons (Fsp3) is 0.294. The molecule has 0 atom stereocenters. The van der Waals surface area contributed by atoms with E-state index >= 15 is 0 Å². The predicted molar refractivity (Wildman–Crippen MR) is 96.8 cm³/mol. The lowest BCUT2D eigenvalue weighted by Gasteiger charge is -2.12. The standard InChI is InChI=1S/C17H20N2O7S/c1-24-7-6-18-27(22,23)13-9-11(8-12(10-13)17(20)21)14-4-5-15(25-2)19-16(14)26-3/h4-5,8-10,18H,6-7H2,1-3H3,(H,20,21). The third-order valence-corrected chi connectivity index (χ3v) is 5.05. The maximum absolute atomic E-state index is 12.5. The minimum atomic E-state index is -3.93. The van der Waals surface area contributed by atoms with Gasteiger partial charge < -0.3 is 19.3 Å². The molecule has 0 aliphatic rings. The number of nitrogens with zero attached hydrogens (tertiary/aromatic N) is 1. The number of carbonyl (C=O) groups is 1. The molecular formula is C17H20N2O7S. The zero-order valence-electron chi connectivity index (χ0n) is 15.1. The Morgan fingerprint density at radius 2 is 1.89 bits per heavy atom. The molecule has 9 nitrogen and oxygen atoms in total. The van der Waals surface area contributed by atoms with Gasteiger partial charge >= 0.3 is 5.97 Å². The largest absolute Gasteiger partial charge is 0.481 e. The Hall–Kier alpha value is -2.69. The number of benzene rings is 1. The number of hydrogen-bond donors (Lipinski definition) is 2. The van der Waals surface area contributed by atoms with Crippen LogP contribution in [0.5, 0.6) is 11.8 Å². The Kier molecular flexibility index (Phi) is 6.72. The second-order valence-corrected chi connectivity index (χ2v) is 7.12. The van der Waals surface area contributed by atoms with E-state index < -0.39 is 16.0 Å². The highest BCUT2D eigenvalue weighted by molar-refractivity contribution is 7.89. The number of rotatable bonds is 9. The van der Waals surface area contributed by atoms with E-state index in [2.05, 4.69) is 9.71 Å². The van der Waals surface area contributed by atoms with E-state index in [9.17, 15) is 18.3 Å². The van der Waals surface area contributed by atoms with Gasteiger partial charge in [-0.15, -0.1) is 0 Å². The summed E-state index contributed by atoms with van der Waals surface area (Å²) in [6, 6.07) is 6.97. The van der Waals surface area contributed by atoms with Crippen molar-refractivity contribution in [3.8, 4) is 22.9 Å². The molecule has 0 amide bonds. The monoisotopic (exact) mass is 396 g/mol. The van der Waals surface area contributed by atoms with Gasteiger partial charge in [0.1, 0.15) is 0 Å². The number of nitrogens with one attached hydrogen (secondary N) is 1. The van der Waals surface area contributed by atoms with E-state index in [1.54, 1.807) is 12.1 Å². The highest BCUT2D eigenvalue weighted by Crippen LogP contribution is 2.32. The van der Waals surface area contributed by atoms with Crippen LogP contribution in [0.3, 0.4) is 0 Å². The van der Waals surface area contributed by atoms with E-state index in [1.807, 2.05) is 0 Å². The number of ether oxygens (including phenoxy) is 3. The van der Waals surface area contributed by atoms with Crippen LogP contribution >= 0.6 is 0 Å². The second-order valence-electron chi connectivity index (χ2n) is 5.35. The number of sulfonamides is 1. The van der Waals surface area contributed by atoms with Crippen molar-refractivity contribution in [1.82, 2.24) is 9.71 Å². The minimum Gasteiger partial charge on any atom is -0.481 e. The third kappa shape index (κ3) is 4.94. The van der Waals surface area contributed by atoms with Crippen molar-refractivity contribution in [2.24, 2.45) is 0 Å². The molecule has 1 heterocycles. The first-order valence-electron chi connectivity index (χ1n) is 7.78. The summed E-state index contributed by atoms with van der Waals surface area (Å²) in [5.74, 6) is -0.780. The number of carboxylic acids is 1. The molecule has 2 aromatic rings. The van der Waals surface area contributed by atoms with Gasteiger partial charge in [0, 0.05) is 25.3 Å².